The SMILES string of the molecule is CNCC(C)c1c(C)nn(C2CCCC2)c1C. The third-order valence-electron chi connectivity index (χ3n) is 4.05. The Labute approximate surface area is 105 Å². The van der Waals surface area contributed by atoms with Crippen LogP contribution in [0.25, 0.3) is 0 Å². The zero-order chi connectivity index (χ0) is 12.4. The first kappa shape index (κ1) is 12.6. The van der Waals surface area contributed by atoms with E-state index in [1.807, 2.05) is 7.05 Å². The highest BCUT2D eigenvalue weighted by atomic mass is 15.3. The Morgan fingerprint density at radius 3 is 2.59 bits per heavy atom. The third kappa shape index (κ3) is 2.39. The van der Waals surface area contributed by atoms with Crippen LogP contribution < -0.4 is 5.32 Å². The molecule has 1 aromatic rings. The Hall–Kier alpha value is -0.830. The molecular formula is C14H25N3. The predicted octanol–water partition coefficient (Wildman–Crippen LogP) is 2.94. The molecule has 1 N–H and O–H groups in total. The molecule has 0 radical (unpaired) electrons. The van der Waals surface area contributed by atoms with Gasteiger partial charge in [0.15, 0.2) is 0 Å². The first-order valence-electron chi connectivity index (χ1n) is 6.85. The third-order valence-corrected chi connectivity index (χ3v) is 4.05. The number of hydrogen-bond donors (Lipinski definition) is 1. The Balaban J connectivity index is 2.27. The molecule has 0 spiro atoms. The van der Waals surface area contributed by atoms with Gasteiger partial charge in [-0.1, -0.05) is 19.8 Å². The minimum Gasteiger partial charge on any atom is -0.319 e. The van der Waals surface area contributed by atoms with Crippen molar-refractivity contribution in [3.8, 4) is 0 Å². The van der Waals surface area contributed by atoms with Crippen molar-refractivity contribution in [3.63, 3.8) is 0 Å². The molecule has 1 aliphatic rings. The summed E-state index contributed by atoms with van der Waals surface area (Å²) in [4.78, 5) is 0. The van der Waals surface area contributed by atoms with Crippen molar-refractivity contribution in [2.24, 2.45) is 0 Å². The molecule has 1 atom stereocenters. The molecule has 1 heterocycles. The van der Waals surface area contributed by atoms with Gasteiger partial charge in [0.2, 0.25) is 0 Å². The lowest BCUT2D eigenvalue weighted by Gasteiger charge is -2.15. The van der Waals surface area contributed by atoms with Crippen LogP contribution in [0.3, 0.4) is 0 Å². The van der Waals surface area contributed by atoms with Crippen molar-refractivity contribution in [2.75, 3.05) is 13.6 Å². The van der Waals surface area contributed by atoms with Gasteiger partial charge in [-0.25, -0.2) is 0 Å². The molecule has 1 aliphatic carbocycles. The first-order chi connectivity index (χ1) is 8.15. The van der Waals surface area contributed by atoms with Gasteiger partial charge in [-0.05, 0) is 39.7 Å². The van der Waals surface area contributed by atoms with Gasteiger partial charge in [0.25, 0.3) is 0 Å². The van der Waals surface area contributed by atoms with Crippen LogP contribution in [0.1, 0.15) is 61.5 Å². The summed E-state index contributed by atoms with van der Waals surface area (Å²) in [5.74, 6) is 0.551. The van der Waals surface area contributed by atoms with Crippen molar-refractivity contribution >= 4 is 0 Å². The van der Waals surface area contributed by atoms with Crippen molar-refractivity contribution in [2.45, 2.75) is 58.4 Å². The molecule has 0 aromatic carbocycles. The summed E-state index contributed by atoms with van der Waals surface area (Å²) in [6.07, 6.45) is 5.35. The van der Waals surface area contributed by atoms with E-state index in [1.165, 1.54) is 42.6 Å². The lowest BCUT2D eigenvalue weighted by Crippen LogP contribution is -2.16. The fraction of sp³-hybridized carbons (Fsp3) is 0.786. The molecular weight excluding hydrogens is 210 g/mol. The minimum absolute atomic E-state index is 0.551. The van der Waals surface area contributed by atoms with E-state index in [4.69, 9.17) is 5.10 Å². The summed E-state index contributed by atoms with van der Waals surface area (Å²) in [7, 11) is 2.02. The number of hydrogen-bond acceptors (Lipinski definition) is 2. The zero-order valence-electron chi connectivity index (χ0n) is 11.6. The van der Waals surface area contributed by atoms with E-state index in [-0.39, 0.29) is 0 Å². The Morgan fingerprint density at radius 1 is 1.35 bits per heavy atom. The molecule has 2 rings (SSSR count). The largest absolute Gasteiger partial charge is 0.319 e. The van der Waals surface area contributed by atoms with Gasteiger partial charge in [0, 0.05) is 17.8 Å². The van der Waals surface area contributed by atoms with Crippen molar-refractivity contribution in [1.29, 1.82) is 0 Å². The number of nitrogens with one attached hydrogen (secondary N) is 1. The van der Waals surface area contributed by atoms with Crippen molar-refractivity contribution in [3.05, 3.63) is 17.0 Å². The van der Waals surface area contributed by atoms with Crippen LogP contribution in [0.2, 0.25) is 0 Å². The van der Waals surface area contributed by atoms with E-state index in [9.17, 15) is 0 Å². The lowest BCUT2D eigenvalue weighted by atomic mass is 9.99. The Morgan fingerprint density at radius 2 is 2.00 bits per heavy atom. The molecule has 0 saturated heterocycles. The van der Waals surface area contributed by atoms with Gasteiger partial charge < -0.3 is 5.32 Å². The molecule has 1 saturated carbocycles. The quantitative estimate of drug-likeness (QED) is 0.869. The van der Waals surface area contributed by atoms with Gasteiger partial charge >= 0.3 is 0 Å². The van der Waals surface area contributed by atoms with Crippen molar-refractivity contribution < 1.29 is 0 Å². The summed E-state index contributed by atoms with van der Waals surface area (Å²) in [5, 5.41) is 8.05. The molecule has 17 heavy (non-hydrogen) atoms. The first-order valence-corrected chi connectivity index (χ1v) is 6.85. The second-order valence-electron chi connectivity index (χ2n) is 5.43. The molecule has 1 unspecified atom stereocenters. The molecule has 1 aromatic heterocycles. The lowest BCUT2D eigenvalue weighted by molar-refractivity contribution is 0.453. The Kier molecular flexibility index (Phi) is 3.87. The highest BCUT2D eigenvalue weighted by molar-refractivity contribution is 5.29. The van der Waals surface area contributed by atoms with Gasteiger partial charge in [-0.3, -0.25) is 4.68 Å². The summed E-state index contributed by atoms with van der Waals surface area (Å²) >= 11 is 0. The van der Waals surface area contributed by atoms with E-state index in [0.29, 0.717) is 12.0 Å². The maximum absolute atomic E-state index is 4.78. The average molecular weight is 235 g/mol. The summed E-state index contributed by atoms with van der Waals surface area (Å²) in [6.45, 7) is 7.70. The van der Waals surface area contributed by atoms with Crippen LogP contribution in [0.15, 0.2) is 0 Å². The number of nitrogens with zero attached hydrogens (tertiary/aromatic N) is 2. The standard InChI is InChI=1S/C14H25N3/c1-10(9-15-4)14-11(2)16-17(12(14)3)13-7-5-6-8-13/h10,13,15H,5-9H2,1-4H3. The van der Waals surface area contributed by atoms with E-state index >= 15 is 0 Å². The fourth-order valence-corrected chi connectivity index (χ4v) is 3.30. The number of likely N-dealkylation sites (N-methyl/N-ethyl adjacent to an activating group) is 1. The van der Waals surface area contributed by atoms with E-state index in [2.05, 4.69) is 30.8 Å². The second-order valence-corrected chi connectivity index (χ2v) is 5.43. The van der Waals surface area contributed by atoms with Crippen LogP contribution in [0.4, 0.5) is 0 Å². The molecule has 0 amide bonds. The summed E-state index contributed by atoms with van der Waals surface area (Å²) in [6, 6.07) is 0.657. The molecule has 3 heteroatoms. The van der Waals surface area contributed by atoms with Gasteiger partial charge in [-0.2, -0.15) is 5.10 Å². The molecule has 1 fully saturated rings. The van der Waals surface area contributed by atoms with Crippen molar-refractivity contribution in [1.82, 2.24) is 15.1 Å². The van der Waals surface area contributed by atoms with E-state index in [1.54, 1.807) is 0 Å². The van der Waals surface area contributed by atoms with Crippen LogP contribution in [0.5, 0.6) is 0 Å². The maximum Gasteiger partial charge on any atom is 0.0631 e. The number of aromatic nitrogens is 2. The normalized spacial score (nSPS) is 18.8. The highest BCUT2D eigenvalue weighted by Crippen LogP contribution is 2.33. The summed E-state index contributed by atoms with van der Waals surface area (Å²) in [5.41, 5.74) is 4.06. The highest BCUT2D eigenvalue weighted by Gasteiger charge is 2.23. The fourth-order valence-electron chi connectivity index (χ4n) is 3.30. The number of rotatable bonds is 4. The number of aryl methyl sites for hydroxylation is 1. The van der Waals surface area contributed by atoms with E-state index in [0.717, 1.165) is 6.54 Å². The van der Waals surface area contributed by atoms with Crippen LogP contribution in [-0.2, 0) is 0 Å². The van der Waals surface area contributed by atoms with E-state index < -0.39 is 0 Å². The van der Waals surface area contributed by atoms with Crippen LogP contribution in [-0.4, -0.2) is 23.4 Å². The van der Waals surface area contributed by atoms with Crippen LogP contribution >= 0.6 is 0 Å². The van der Waals surface area contributed by atoms with Gasteiger partial charge in [-0.15, -0.1) is 0 Å². The minimum atomic E-state index is 0.551. The molecule has 0 bridgehead atoms. The van der Waals surface area contributed by atoms with Gasteiger partial charge in [0.1, 0.15) is 0 Å². The second kappa shape index (κ2) is 5.21. The smallest absolute Gasteiger partial charge is 0.0631 e. The molecule has 0 aliphatic heterocycles. The topological polar surface area (TPSA) is 29.9 Å². The zero-order valence-corrected chi connectivity index (χ0v) is 11.6. The monoisotopic (exact) mass is 235 g/mol. The maximum atomic E-state index is 4.78. The molecule has 3 nitrogen and oxygen atoms in total. The Bertz CT molecular complexity index is 375. The van der Waals surface area contributed by atoms with Crippen LogP contribution in [0, 0.1) is 13.8 Å². The average Bonchev–Trinajstić information content (AvgIpc) is 2.87. The summed E-state index contributed by atoms with van der Waals surface area (Å²) < 4.78 is 2.30. The predicted molar refractivity (Wildman–Crippen MR) is 71.5 cm³/mol. The van der Waals surface area contributed by atoms with Gasteiger partial charge in [0.05, 0.1) is 11.7 Å². The molecule has 96 valence electrons.